The summed E-state index contributed by atoms with van der Waals surface area (Å²) in [5.41, 5.74) is 30.9. The van der Waals surface area contributed by atoms with Gasteiger partial charge in [0.15, 0.2) is 0 Å². The van der Waals surface area contributed by atoms with E-state index >= 15 is 0 Å². The molecule has 19 rings (SSSR count). The lowest BCUT2D eigenvalue weighted by Crippen LogP contribution is -2.30. The molecule has 0 unspecified atom stereocenters. The van der Waals surface area contributed by atoms with Gasteiger partial charge in [-0.15, -0.1) is 0 Å². The van der Waals surface area contributed by atoms with Crippen LogP contribution in [0.3, 0.4) is 0 Å². The van der Waals surface area contributed by atoms with Gasteiger partial charge in [-0.3, -0.25) is 0 Å². The summed E-state index contributed by atoms with van der Waals surface area (Å²) in [4.78, 5) is 2.57. The summed E-state index contributed by atoms with van der Waals surface area (Å²) < 4.78 is 13.9. The fourth-order valence-corrected chi connectivity index (χ4v) is 17.6. The zero-order chi connectivity index (χ0) is 62.1. The fourth-order valence-electron chi connectivity index (χ4n) is 17.6. The Labute approximate surface area is 541 Å². The van der Waals surface area contributed by atoms with Gasteiger partial charge >= 0.3 is 0 Å². The van der Waals surface area contributed by atoms with Crippen LogP contribution in [0.2, 0.25) is 0 Å². The molecule has 0 atom stereocenters. The first-order valence-corrected chi connectivity index (χ1v) is 32.6. The van der Waals surface area contributed by atoms with E-state index < -0.39 is 10.8 Å². The molecule has 3 heteroatoms. The van der Waals surface area contributed by atoms with E-state index in [1.807, 2.05) is 0 Å². The minimum Gasteiger partial charge on any atom is -0.456 e. The quantitative estimate of drug-likeness (QED) is 0.152. The summed E-state index contributed by atoms with van der Waals surface area (Å²) in [7, 11) is 0. The van der Waals surface area contributed by atoms with Crippen molar-refractivity contribution in [1.29, 1.82) is 0 Å². The van der Waals surface area contributed by atoms with Crippen LogP contribution in [-0.2, 0) is 16.2 Å². The number of benzene rings is 14. The van der Waals surface area contributed by atoms with Gasteiger partial charge in [-0.05, 0) is 204 Å². The Morgan fingerprint density at radius 1 is 0.312 bits per heavy atom. The molecule has 93 heavy (non-hydrogen) atoms. The summed E-state index contributed by atoms with van der Waals surface area (Å²) in [6.45, 7) is 11.6. The predicted octanol–water partition coefficient (Wildman–Crippen LogP) is 23.7. The summed E-state index contributed by atoms with van der Waals surface area (Å²) in [6.07, 6.45) is 0. The van der Waals surface area contributed by atoms with Crippen LogP contribution in [0.1, 0.15) is 86.2 Å². The zero-order valence-corrected chi connectivity index (χ0v) is 52.5. The number of nitrogens with zero attached hydrogens (tertiary/aromatic N) is 1. The van der Waals surface area contributed by atoms with E-state index in [9.17, 15) is 0 Å². The van der Waals surface area contributed by atoms with Crippen molar-refractivity contribution >= 4 is 71.7 Å². The molecule has 14 aromatic carbocycles. The maximum Gasteiger partial charge on any atom is 0.143 e. The second-order valence-corrected chi connectivity index (χ2v) is 26.7. The number of fused-ring (bicyclic) bond motifs is 18. The number of hydrogen-bond acceptors (Lipinski definition) is 3. The highest BCUT2D eigenvalue weighted by Crippen LogP contribution is 2.65. The Hall–Kier alpha value is -11.3. The Kier molecular flexibility index (Phi) is 11.3. The topological polar surface area (TPSA) is 29.5 Å². The SMILES string of the molecule is Cc1cc(C)c(N(c2ccc3c(c2)C(C)(C)c2cc(-c4ccc5ccccc5c4)c4oc5ccccc5c4c2-3)c2ccc3c(c2)C(c2ccccc2)(c2ccccc2)c2cc4c(cc2-3)C(c2ccccc2)(c2ccccc2)c2ccc3oc5ccccc5c3c2-4)c(C)c1. The molecule has 0 fully saturated rings. The van der Waals surface area contributed by atoms with E-state index in [-0.39, 0.29) is 5.41 Å². The summed E-state index contributed by atoms with van der Waals surface area (Å²) in [5.74, 6) is 0. The second kappa shape index (κ2) is 19.6. The van der Waals surface area contributed by atoms with Crippen LogP contribution in [0.5, 0.6) is 0 Å². The fraction of sp³-hybridized carbons (Fsp3) is 0.0889. The van der Waals surface area contributed by atoms with Gasteiger partial charge in [0.05, 0.1) is 16.5 Å². The molecule has 3 aliphatic rings. The summed E-state index contributed by atoms with van der Waals surface area (Å²) in [6, 6.07) is 109. The van der Waals surface area contributed by atoms with Crippen molar-refractivity contribution in [1.82, 2.24) is 0 Å². The predicted molar refractivity (Wildman–Crippen MR) is 385 cm³/mol. The number of hydrogen-bond donors (Lipinski definition) is 0. The first-order valence-electron chi connectivity index (χ1n) is 32.6. The number of para-hydroxylation sites is 2. The molecule has 0 amide bonds. The molecule has 2 aromatic heterocycles. The van der Waals surface area contributed by atoms with E-state index in [2.05, 4.69) is 331 Å². The van der Waals surface area contributed by atoms with Crippen molar-refractivity contribution in [2.24, 2.45) is 0 Å². The Balaban J connectivity index is 0.876. The molecule has 0 saturated carbocycles. The third kappa shape index (κ3) is 7.31. The molecule has 16 aromatic rings. The Morgan fingerprint density at radius 3 is 1.43 bits per heavy atom. The van der Waals surface area contributed by atoms with Crippen LogP contribution >= 0.6 is 0 Å². The standard InChI is InChI=1S/C90H63NO2/c1-54-46-55(2)86(56(3)47-54)91(64-41-43-67-74(49-64)88(4,5)78-51-70(59-39-38-57-24-18-19-25-58(57)48-59)87-85(82(67)78)69-35-21-23-37-80(69)93-87)65-40-42-66-71-52-77-72(53-76(71)90(75(66)50-65,62-30-14-8-15-31-62)63-32-16-9-17-33-63)83-73(44-45-81-84(83)68-34-20-22-36-79(68)92-81)89(77,60-26-10-6-11-27-60)61-28-12-7-13-29-61/h6-53H,1-5H3. The highest BCUT2D eigenvalue weighted by molar-refractivity contribution is 6.20. The summed E-state index contributed by atoms with van der Waals surface area (Å²) >= 11 is 0. The van der Waals surface area contributed by atoms with Gasteiger partial charge in [0, 0.05) is 43.9 Å². The van der Waals surface area contributed by atoms with Gasteiger partial charge < -0.3 is 13.7 Å². The molecule has 0 radical (unpaired) electrons. The van der Waals surface area contributed by atoms with Crippen molar-refractivity contribution in [3.63, 3.8) is 0 Å². The molecular weight excluding hydrogens is 1130 g/mol. The molecule has 0 aliphatic heterocycles. The molecule has 0 saturated heterocycles. The number of anilines is 3. The third-order valence-corrected chi connectivity index (χ3v) is 21.4. The number of furan rings is 2. The van der Waals surface area contributed by atoms with Crippen LogP contribution in [0.25, 0.3) is 99.2 Å². The molecule has 440 valence electrons. The molecule has 3 nitrogen and oxygen atoms in total. The van der Waals surface area contributed by atoms with E-state index in [0.717, 1.165) is 61.0 Å². The Bertz CT molecular complexity index is 5710. The van der Waals surface area contributed by atoms with Crippen LogP contribution < -0.4 is 4.90 Å². The van der Waals surface area contributed by atoms with Gasteiger partial charge in [0.2, 0.25) is 0 Å². The zero-order valence-electron chi connectivity index (χ0n) is 52.5. The van der Waals surface area contributed by atoms with Gasteiger partial charge in [-0.1, -0.05) is 244 Å². The van der Waals surface area contributed by atoms with Crippen molar-refractivity contribution in [2.75, 3.05) is 4.90 Å². The lowest BCUT2D eigenvalue weighted by molar-refractivity contribution is 0.657. The molecule has 2 heterocycles. The average molecular weight is 1190 g/mol. The van der Waals surface area contributed by atoms with E-state index in [1.54, 1.807) is 0 Å². The number of rotatable bonds is 8. The van der Waals surface area contributed by atoms with E-state index in [4.69, 9.17) is 8.83 Å². The van der Waals surface area contributed by atoms with Crippen LogP contribution in [-0.4, -0.2) is 0 Å². The van der Waals surface area contributed by atoms with E-state index in [1.165, 1.54) is 128 Å². The first kappa shape index (κ1) is 53.6. The van der Waals surface area contributed by atoms with Crippen molar-refractivity contribution in [3.05, 3.63) is 364 Å². The minimum absolute atomic E-state index is 0.390. The van der Waals surface area contributed by atoms with Crippen molar-refractivity contribution in [2.45, 2.75) is 50.9 Å². The van der Waals surface area contributed by atoms with Crippen LogP contribution in [0.4, 0.5) is 17.1 Å². The van der Waals surface area contributed by atoms with Crippen LogP contribution in [0, 0.1) is 20.8 Å². The smallest absolute Gasteiger partial charge is 0.143 e. The molecule has 0 N–H and O–H groups in total. The van der Waals surface area contributed by atoms with Crippen LogP contribution in [0.15, 0.2) is 300 Å². The summed E-state index contributed by atoms with van der Waals surface area (Å²) in [5, 5.41) is 7.00. The minimum atomic E-state index is -0.762. The highest BCUT2D eigenvalue weighted by Gasteiger charge is 2.52. The third-order valence-electron chi connectivity index (χ3n) is 21.4. The van der Waals surface area contributed by atoms with Gasteiger partial charge in [-0.2, -0.15) is 0 Å². The van der Waals surface area contributed by atoms with Crippen molar-refractivity contribution in [3.8, 4) is 44.5 Å². The van der Waals surface area contributed by atoms with E-state index in [0.29, 0.717) is 0 Å². The van der Waals surface area contributed by atoms with Gasteiger partial charge in [-0.25, -0.2) is 0 Å². The first-order chi connectivity index (χ1) is 45.6. The molecule has 0 spiro atoms. The second-order valence-electron chi connectivity index (χ2n) is 26.7. The molecule has 0 bridgehead atoms. The normalized spacial score (nSPS) is 14.3. The largest absolute Gasteiger partial charge is 0.456 e. The van der Waals surface area contributed by atoms with Crippen molar-refractivity contribution < 1.29 is 8.83 Å². The van der Waals surface area contributed by atoms with Gasteiger partial charge in [0.1, 0.15) is 22.3 Å². The molecular formula is C90H63NO2. The maximum absolute atomic E-state index is 7.02. The molecule has 3 aliphatic carbocycles. The average Bonchev–Trinajstić information content (AvgIpc) is 1.52. The maximum atomic E-state index is 7.02. The highest BCUT2D eigenvalue weighted by atomic mass is 16.3. The lowest BCUT2D eigenvalue weighted by Gasteiger charge is -2.36. The Morgan fingerprint density at radius 2 is 0.796 bits per heavy atom. The number of aryl methyl sites for hydroxylation is 3. The van der Waals surface area contributed by atoms with Gasteiger partial charge in [0.25, 0.3) is 0 Å². The lowest BCUT2D eigenvalue weighted by atomic mass is 9.66. The monoisotopic (exact) mass is 1190 g/mol.